The molecule has 5 nitrogen and oxygen atoms in total. The van der Waals surface area contributed by atoms with E-state index >= 15 is 0 Å². The lowest BCUT2D eigenvalue weighted by atomic mass is 10.1. The van der Waals surface area contributed by atoms with E-state index in [2.05, 4.69) is 35.4 Å². The predicted molar refractivity (Wildman–Crippen MR) is 116 cm³/mol. The summed E-state index contributed by atoms with van der Waals surface area (Å²) >= 11 is 3.66. The molecule has 0 saturated carbocycles. The number of ketones is 1. The third-order valence-corrected chi connectivity index (χ3v) is 6.68. The first-order valence-corrected chi connectivity index (χ1v) is 10.9. The Morgan fingerprint density at radius 3 is 2.93 bits per heavy atom. The van der Waals surface area contributed by atoms with E-state index in [1.54, 1.807) is 18.7 Å². The van der Waals surface area contributed by atoms with Gasteiger partial charge in [0.15, 0.2) is 0 Å². The van der Waals surface area contributed by atoms with Crippen molar-refractivity contribution in [1.29, 1.82) is 0 Å². The molecule has 7 heteroatoms. The Hall–Kier alpha value is -2.22. The van der Waals surface area contributed by atoms with E-state index in [0.717, 1.165) is 34.1 Å². The molecule has 144 valence electrons. The quantitative estimate of drug-likeness (QED) is 0.633. The summed E-state index contributed by atoms with van der Waals surface area (Å²) in [5, 5.41) is 3.29. The molecule has 28 heavy (non-hydrogen) atoms. The van der Waals surface area contributed by atoms with Crippen LogP contribution in [0.3, 0.4) is 0 Å². The molecule has 1 N–H and O–H groups in total. The van der Waals surface area contributed by atoms with Gasteiger partial charge in [-0.15, -0.1) is 23.1 Å². The summed E-state index contributed by atoms with van der Waals surface area (Å²) in [7, 11) is 4.18. The van der Waals surface area contributed by atoms with Crippen molar-refractivity contribution in [3.05, 3.63) is 51.8 Å². The van der Waals surface area contributed by atoms with Crippen LogP contribution in [0.2, 0.25) is 0 Å². The van der Waals surface area contributed by atoms with Gasteiger partial charge in [0.2, 0.25) is 5.95 Å². The van der Waals surface area contributed by atoms with E-state index in [9.17, 15) is 4.79 Å². The Labute approximate surface area is 173 Å². The Morgan fingerprint density at radius 2 is 2.14 bits per heavy atom. The molecule has 1 aromatic carbocycles. The van der Waals surface area contributed by atoms with Gasteiger partial charge in [0.1, 0.15) is 5.78 Å². The van der Waals surface area contributed by atoms with E-state index in [4.69, 9.17) is 4.98 Å². The number of carbonyl (C=O) groups is 1. The Balaban J connectivity index is 1.61. The van der Waals surface area contributed by atoms with Gasteiger partial charge in [-0.2, -0.15) is 0 Å². The SMILES string of the molecule is CC(=O)Cc1cccc(Nc2ncc3c(n2)-c2cc(CN(C)C)sc2CS3)c1. The second-order valence-electron chi connectivity index (χ2n) is 7.19. The highest BCUT2D eigenvalue weighted by Gasteiger charge is 2.22. The number of hydrogen-bond donors (Lipinski definition) is 1. The van der Waals surface area contributed by atoms with Crippen LogP contribution in [-0.4, -0.2) is 34.7 Å². The van der Waals surface area contributed by atoms with Crippen LogP contribution in [0, 0.1) is 0 Å². The van der Waals surface area contributed by atoms with Crippen molar-refractivity contribution < 1.29 is 4.79 Å². The maximum Gasteiger partial charge on any atom is 0.227 e. The second-order valence-corrected chi connectivity index (χ2v) is 9.43. The molecule has 0 bridgehead atoms. The lowest BCUT2D eigenvalue weighted by molar-refractivity contribution is -0.116. The number of thiophene rings is 1. The summed E-state index contributed by atoms with van der Waals surface area (Å²) in [6.45, 7) is 2.55. The van der Waals surface area contributed by atoms with Gasteiger partial charge in [0, 0.05) is 45.9 Å². The van der Waals surface area contributed by atoms with Crippen LogP contribution in [0.5, 0.6) is 0 Å². The van der Waals surface area contributed by atoms with E-state index in [1.165, 1.54) is 15.3 Å². The van der Waals surface area contributed by atoms with Gasteiger partial charge in [0.05, 0.1) is 10.6 Å². The number of hydrogen-bond acceptors (Lipinski definition) is 7. The molecule has 0 aliphatic carbocycles. The number of anilines is 2. The standard InChI is InChI=1S/C21H22N4OS2/c1-13(26)7-14-5-4-6-15(8-14)23-21-22-10-18-20(24-21)17-9-16(11-25(2)3)28-19(17)12-27-18/h4-6,8-10H,7,11-12H2,1-3H3,(H,22,23,24). The van der Waals surface area contributed by atoms with Gasteiger partial charge in [-0.1, -0.05) is 12.1 Å². The number of Topliss-reactive ketones (excluding diaryl/α,β-unsaturated/α-hetero) is 1. The molecule has 0 saturated heterocycles. The number of nitrogens with one attached hydrogen (secondary N) is 1. The lowest BCUT2D eigenvalue weighted by Crippen LogP contribution is -2.09. The monoisotopic (exact) mass is 410 g/mol. The van der Waals surface area contributed by atoms with E-state index in [-0.39, 0.29) is 5.78 Å². The fraction of sp³-hybridized carbons (Fsp3) is 0.286. The first-order valence-electron chi connectivity index (χ1n) is 9.10. The zero-order chi connectivity index (χ0) is 19.7. The van der Waals surface area contributed by atoms with E-state index < -0.39 is 0 Å². The van der Waals surface area contributed by atoms with Crippen LogP contribution >= 0.6 is 23.1 Å². The van der Waals surface area contributed by atoms with Crippen LogP contribution in [-0.2, 0) is 23.5 Å². The molecule has 1 aliphatic heterocycles. The number of rotatable bonds is 6. The number of aromatic nitrogens is 2. The molecule has 3 aromatic rings. The Morgan fingerprint density at radius 1 is 1.29 bits per heavy atom. The summed E-state index contributed by atoms with van der Waals surface area (Å²) in [4.78, 5) is 26.7. The summed E-state index contributed by atoms with van der Waals surface area (Å²) in [6.07, 6.45) is 2.34. The number of fused-ring (bicyclic) bond motifs is 3. The maximum atomic E-state index is 11.4. The minimum absolute atomic E-state index is 0.151. The summed E-state index contributed by atoms with van der Waals surface area (Å²) < 4.78 is 0. The average molecular weight is 411 g/mol. The van der Waals surface area contributed by atoms with Crippen molar-refractivity contribution in [2.75, 3.05) is 19.4 Å². The molecule has 0 amide bonds. The zero-order valence-corrected chi connectivity index (χ0v) is 17.8. The molecule has 0 radical (unpaired) electrons. The lowest BCUT2D eigenvalue weighted by Gasteiger charge is -2.15. The van der Waals surface area contributed by atoms with Gasteiger partial charge < -0.3 is 10.2 Å². The van der Waals surface area contributed by atoms with Crippen molar-refractivity contribution in [2.24, 2.45) is 0 Å². The Bertz CT molecular complexity index is 1030. The molecule has 0 unspecified atom stereocenters. The highest BCUT2D eigenvalue weighted by atomic mass is 32.2. The minimum Gasteiger partial charge on any atom is -0.324 e. The first-order chi connectivity index (χ1) is 13.5. The van der Waals surface area contributed by atoms with Crippen LogP contribution in [0.15, 0.2) is 41.4 Å². The number of carbonyl (C=O) groups excluding carboxylic acids is 1. The topological polar surface area (TPSA) is 58.1 Å². The number of thioether (sulfide) groups is 1. The first kappa shape index (κ1) is 19.1. The normalized spacial score (nSPS) is 12.6. The Kier molecular flexibility index (Phi) is 5.48. The van der Waals surface area contributed by atoms with Crippen LogP contribution < -0.4 is 5.32 Å². The van der Waals surface area contributed by atoms with E-state index in [1.807, 2.05) is 41.8 Å². The minimum atomic E-state index is 0.151. The predicted octanol–water partition coefficient (Wildman–Crippen LogP) is 4.75. The molecular weight excluding hydrogens is 388 g/mol. The van der Waals surface area contributed by atoms with Crippen LogP contribution in [0.1, 0.15) is 22.2 Å². The van der Waals surface area contributed by atoms with Gasteiger partial charge in [-0.3, -0.25) is 4.79 Å². The van der Waals surface area contributed by atoms with Crippen molar-refractivity contribution in [1.82, 2.24) is 14.9 Å². The van der Waals surface area contributed by atoms with Gasteiger partial charge in [0.25, 0.3) is 0 Å². The molecule has 1 aliphatic rings. The summed E-state index contributed by atoms with van der Waals surface area (Å²) in [5.74, 6) is 1.70. The molecule has 0 fully saturated rings. The third kappa shape index (κ3) is 4.27. The molecule has 2 aromatic heterocycles. The highest BCUT2D eigenvalue weighted by molar-refractivity contribution is 7.98. The number of benzene rings is 1. The zero-order valence-electron chi connectivity index (χ0n) is 16.2. The van der Waals surface area contributed by atoms with Gasteiger partial charge in [-0.25, -0.2) is 9.97 Å². The van der Waals surface area contributed by atoms with Gasteiger partial charge in [-0.05, 0) is 44.8 Å². The van der Waals surface area contributed by atoms with Crippen LogP contribution in [0.4, 0.5) is 11.6 Å². The highest BCUT2D eigenvalue weighted by Crippen LogP contribution is 2.44. The van der Waals surface area contributed by atoms with E-state index in [0.29, 0.717) is 12.4 Å². The van der Waals surface area contributed by atoms with Gasteiger partial charge >= 0.3 is 0 Å². The van der Waals surface area contributed by atoms with Crippen molar-refractivity contribution in [2.45, 2.75) is 30.5 Å². The van der Waals surface area contributed by atoms with Crippen molar-refractivity contribution >= 4 is 40.5 Å². The van der Waals surface area contributed by atoms with Crippen molar-refractivity contribution in [3.63, 3.8) is 0 Å². The molecule has 0 atom stereocenters. The summed E-state index contributed by atoms with van der Waals surface area (Å²) in [5.41, 5.74) is 4.11. The largest absolute Gasteiger partial charge is 0.324 e. The molecule has 0 spiro atoms. The van der Waals surface area contributed by atoms with Crippen molar-refractivity contribution in [3.8, 4) is 11.3 Å². The number of nitrogens with zero attached hydrogens (tertiary/aromatic N) is 3. The molecular formula is C21H22N4OS2. The average Bonchev–Trinajstić information content (AvgIpc) is 3.03. The smallest absolute Gasteiger partial charge is 0.227 e. The maximum absolute atomic E-state index is 11.4. The fourth-order valence-corrected chi connectivity index (χ4v) is 5.59. The third-order valence-electron chi connectivity index (χ3n) is 4.34. The van der Waals surface area contributed by atoms with Crippen LogP contribution in [0.25, 0.3) is 11.3 Å². The molecule has 4 rings (SSSR count). The molecule has 3 heterocycles. The fourth-order valence-electron chi connectivity index (χ4n) is 3.23. The second kappa shape index (κ2) is 8.03. The summed E-state index contributed by atoms with van der Waals surface area (Å²) in [6, 6.07) is 10.1.